The van der Waals surface area contributed by atoms with Crippen molar-refractivity contribution >= 4 is 17.3 Å². The number of rotatable bonds is 3. The van der Waals surface area contributed by atoms with E-state index in [0.717, 1.165) is 24.3 Å². The molecule has 1 atom stereocenters. The Morgan fingerprint density at radius 2 is 2.09 bits per heavy atom. The van der Waals surface area contributed by atoms with Crippen LogP contribution in [0.4, 0.5) is 5.69 Å². The van der Waals surface area contributed by atoms with Crippen molar-refractivity contribution in [2.45, 2.75) is 19.8 Å². The van der Waals surface area contributed by atoms with E-state index >= 15 is 0 Å². The number of para-hydroxylation sites is 1. The van der Waals surface area contributed by atoms with Gasteiger partial charge in [0.15, 0.2) is 5.71 Å². The summed E-state index contributed by atoms with van der Waals surface area (Å²) < 4.78 is 0. The van der Waals surface area contributed by atoms with Crippen LogP contribution in [-0.2, 0) is 4.79 Å². The van der Waals surface area contributed by atoms with Crippen LogP contribution in [-0.4, -0.2) is 55.4 Å². The van der Waals surface area contributed by atoms with E-state index in [-0.39, 0.29) is 5.91 Å². The fourth-order valence-electron chi connectivity index (χ4n) is 3.31. The molecule has 5 heteroatoms. The average molecular weight is 300 g/mol. The van der Waals surface area contributed by atoms with Gasteiger partial charge in [-0.2, -0.15) is 5.10 Å². The number of fused-ring (bicyclic) bond motifs is 1. The molecule has 2 aliphatic rings. The van der Waals surface area contributed by atoms with Crippen LogP contribution in [0.5, 0.6) is 0 Å². The molecule has 0 aliphatic carbocycles. The predicted molar refractivity (Wildman–Crippen MR) is 89.0 cm³/mol. The van der Waals surface area contributed by atoms with Crippen LogP contribution in [0, 0.1) is 5.92 Å². The van der Waals surface area contributed by atoms with Crippen molar-refractivity contribution in [3.8, 4) is 0 Å². The van der Waals surface area contributed by atoms with Gasteiger partial charge in [0.25, 0.3) is 5.91 Å². The molecule has 3 rings (SSSR count). The number of carbonyl (C=O) groups excluding carboxylic acids is 1. The summed E-state index contributed by atoms with van der Waals surface area (Å²) in [6.07, 6.45) is 2.50. The van der Waals surface area contributed by atoms with E-state index in [4.69, 9.17) is 0 Å². The van der Waals surface area contributed by atoms with Crippen molar-refractivity contribution < 1.29 is 4.79 Å². The van der Waals surface area contributed by atoms with Crippen molar-refractivity contribution in [2.24, 2.45) is 11.0 Å². The van der Waals surface area contributed by atoms with Gasteiger partial charge in [-0.3, -0.25) is 14.6 Å². The van der Waals surface area contributed by atoms with Gasteiger partial charge in [0.2, 0.25) is 0 Å². The maximum absolute atomic E-state index is 12.8. The first kappa shape index (κ1) is 15.0. The second-order valence-electron chi connectivity index (χ2n) is 6.51. The van der Waals surface area contributed by atoms with E-state index in [1.807, 2.05) is 43.3 Å². The van der Waals surface area contributed by atoms with E-state index in [0.29, 0.717) is 18.3 Å². The average Bonchev–Trinajstić information content (AvgIpc) is 2.73. The zero-order valence-corrected chi connectivity index (χ0v) is 13.6. The molecule has 5 nitrogen and oxygen atoms in total. The topological polar surface area (TPSA) is 39.1 Å². The van der Waals surface area contributed by atoms with Gasteiger partial charge in [-0.1, -0.05) is 25.1 Å². The summed E-state index contributed by atoms with van der Waals surface area (Å²) in [4.78, 5) is 17.0. The summed E-state index contributed by atoms with van der Waals surface area (Å²) >= 11 is 0. The summed E-state index contributed by atoms with van der Waals surface area (Å²) in [5, 5.41) is 6.09. The minimum atomic E-state index is 0.00752. The molecular weight excluding hydrogens is 276 g/mol. The third-order valence-electron chi connectivity index (χ3n) is 4.28. The monoisotopic (exact) mass is 300 g/mol. The number of anilines is 1. The molecule has 2 aliphatic heterocycles. The lowest BCUT2D eigenvalue weighted by Crippen LogP contribution is -2.45. The molecule has 0 bridgehead atoms. The minimum absolute atomic E-state index is 0.00752. The molecule has 1 unspecified atom stereocenters. The van der Waals surface area contributed by atoms with Crippen LogP contribution < -0.4 is 4.90 Å². The van der Waals surface area contributed by atoms with Crippen molar-refractivity contribution in [3.05, 3.63) is 29.8 Å². The minimum Gasteiger partial charge on any atom is -0.302 e. The second kappa shape index (κ2) is 6.08. The van der Waals surface area contributed by atoms with Crippen LogP contribution in [0.15, 0.2) is 29.4 Å². The summed E-state index contributed by atoms with van der Waals surface area (Å²) in [7, 11) is 3.69. The molecule has 1 amide bonds. The van der Waals surface area contributed by atoms with Crippen molar-refractivity contribution in [3.63, 3.8) is 0 Å². The summed E-state index contributed by atoms with van der Waals surface area (Å²) in [5.74, 6) is 0.713. The lowest BCUT2D eigenvalue weighted by molar-refractivity contribution is -0.112. The Hall–Kier alpha value is -1.88. The van der Waals surface area contributed by atoms with Crippen LogP contribution in [0.25, 0.3) is 0 Å². The van der Waals surface area contributed by atoms with E-state index in [1.165, 1.54) is 12.8 Å². The zero-order chi connectivity index (χ0) is 15.7. The number of benzene rings is 1. The molecular formula is C17H24N4O. The molecule has 0 radical (unpaired) electrons. The lowest BCUT2D eigenvalue weighted by Gasteiger charge is -2.33. The number of likely N-dealkylation sites (tertiary alicyclic amines) is 1. The molecule has 22 heavy (non-hydrogen) atoms. The fourth-order valence-corrected chi connectivity index (χ4v) is 3.31. The number of piperidine rings is 1. The first-order chi connectivity index (χ1) is 10.6. The Balaban J connectivity index is 1.87. The van der Waals surface area contributed by atoms with E-state index < -0.39 is 0 Å². The third-order valence-corrected chi connectivity index (χ3v) is 4.28. The molecule has 118 valence electrons. The highest BCUT2D eigenvalue weighted by Gasteiger charge is 2.35. The second-order valence-corrected chi connectivity index (χ2v) is 6.51. The summed E-state index contributed by atoms with van der Waals surface area (Å²) in [6, 6.07) is 7.94. The van der Waals surface area contributed by atoms with Gasteiger partial charge in [-0.05, 0) is 31.4 Å². The number of hydrogen-bond donors (Lipinski definition) is 0. The van der Waals surface area contributed by atoms with E-state index in [9.17, 15) is 4.79 Å². The molecule has 0 aromatic heterocycles. The van der Waals surface area contributed by atoms with E-state index in [2.05, 4.69) is 16.9 Å². The van der Waals surface area contributed by atoms with Gasteiger partial charge in [0.1, 0.15) is 0 Å². The Kier molecular flexibility index (Phi) is 4.16. The van der Waals surface area contributed by atoms with Gasteiger partial charge in [-0.25, -0.2) is 0 Å². The number of carbonyl (C=O) groups is 1. The SMILES string of the molecule is CC1CCCN(CN2C(=O)/C(=N/N(C)C)c3ccccc32)C1. The molecule has 0 N–H and O–H groups in total. The van der Waals surface area contributed by atoms with Crippen molar-refractivity contribution in [1.82, 2.24) is 9.91 Å². The molecule has 1 aromatic carbocycles. The van der Waals surface area contributed by atoms with E-state index in [1.54, 1.807) is 5.01 Å². The highest BCUT2D eigenvalue weighted by molar-refractivity contribution is 6.54. The maximum Gasteiger partial charge on any atom is 0.280 e. The molecule has 0 spiro atoms. The first-order valence-corrected chi connectivity index (χ1v) is 7.96. The molecule has 1 saturated heterocycles. The van der Waals surface area contributed by atoms with Gasteiger partial charge >= 0.3 is 0 Å². The maximum atomic E-state index is 12.8. The molecule has 1 fully saturated rings. The Morgan fingerprint density at radius 3 is 2.82 bits per heavy atom. The number of nitrogens with zero attached hydrogens (tertiary/aromatic N) is 4. The standard InChI is InChI=1S/C17H24N4O/c1-13-7-6-10-20(11-13)12-21-15-9-5-4-8-14(15)16(17(21)22)18-19(2)3/h4-5,8-9,13H,6-7,10-12H2,1-3H3/b18-16+. The number of amides is 1. The number of hydrogen-bond acceptors (Lipinski definition) is 4. The van der Waals surface area contributed by atoms with Crippen molar-refractivity contribution in [1.29, 1.82) is 0 Å². The highest BCUT2D eigenvalue weighted by Crippen LogP contribution is 2.30. The lowest BCUT2D eigenvalue weighted by atomic mass is 10.0. The van der Waals surface area contributed by atoms with Crippen molar-refractivity contribution in [2.75, 3.05) is 38.8 Å². The van der Waals surface area contributed by atoms with Crippen LogP contribution in [0.3, 0.4) is 0 Å². The van der Waals surface area contributed by atoms with Gasteiger partial charge < -0.3 is 5.01 Å². The summed E-state index contributed by atoms with van der Waals surface area (Å²) in [5.41, 5.74) is 2.46. The van der Waals surface area contributed by atoms with Gasteiger partial charge in [-0.15, -0.1) is 0 Å². The quantitative estimate of drug-likeness (QED) is 0.801. The normalized spacial score (nSPS) is 24.0. The summed E-state index contributed by atoms with van der Waals surface area (Å²) in [6.45, 7) is 5.07. The first-order valence-electron chi connectivity index (χ1n) is 7.96. The van der Waals surface area contributed by atoms with Gasteiger partial charge in [0.05, 0.1) is 12.4 Å². The van der Waals surface area contributed by atoms with Crippen LogP contribution in [0.2, 0.25) is 0 Å². The Morgan fingerprint density at radius 1 is 1.32 bits per heavy atom. The Bertz CT molecular complexity index is 596. The Labute approximate surface area is 132 Å². The molecule has 0 saturated carbocycles. The van der Waals surface area contributed by atoms with Crippen LogP contribution >= 0.6 is 0 Å². The number of hydrazone groups is 1. The largest absolute Gasteiger partial charge is 0.302 e. The molecule has 2 heterocycles. The fraction of sp³-hybridized carbons (Fsp3) is 0.529. The zero-order valence-electron chi connectivity index (χ0n) is 13.6. The smallest absolute Gasteiger partial charge is 0.280 e. The van der Waals surface area contributed by atoms with Crippen LogP contribution in [0.1, 0.15) is 25.3 Å². The van der Waals surface area contributed by atoms with Gasteiger partial charge in [0, 0.05) is 26.2 Å². The third kappa shape index (κ3) is 2.86. The predicted octanol–water partition coefficient (Wildman–Crippen LogP) is 1.99. The molecule has 1 aromatic rings. The highest BCUT2D eigenvalue weighted by atomic mass is 16.2.